The minimum Gasteiger partial charge on any atom is -0.405 e. The van der Waals surface area contributed by atoms with Gasteiger partial charge in [0, 0.05) is 32.2 Å². The van der Waals surface area contributed by atoms with Crippen molar-refractivity contribution in [3.05, 3.63) is 58.6 Å². The van der Waals surface area contributed by atoms with Crippen molar-refractivity contribution >= 4 is 27.5 Å². The Labute approximate surface area is 184 Å². The molecule has 0 unspecified atom stereocenters. The van der Waals surface area contributed by atoms with Crippen LogP contribution in [-0.4, -0.2) is 50.0 Å². The first-order valence-corrected chi connectivity index (χ1v) is 10.9. The van der Waals surface area contributed by atoms with E-state index in [1.165, 1.54) is 44.4 Å². The molecule has 0 aliphatic heterocycles. The lowest BCUT2D eigenvalue weighted by molar-refractivity contribution is -0.275. The van der Waals surface area contributed by atoms with E-state index in [-0.39, 0.29) is 33.6 Å². The minimum absolute atomic E-state index is 0.0165. The molecule has 0 atom stereocenters. The molecule has 2 rings (SSSR count). The van der Waals surface area contributed by atoms with Crippen LogP contribution in [0.3, 0.4) is 0 Å². The molecule has 170 valence electrons. The monoisotopic (exact) mass is 478 g/mol. The van der Waals surface area contributed by atoms with E-state index in [0.29, 0.717) is 0 Å². The predicted octanol–water partition coefficient (Wildman–Crippen LogP) is 4.54. The highest BCUT2D eigenvalue weighted by Gasteiger charge is 2.32. The number of ether oxygens (including phenoxy) is 1. The molecule has 0 N–H and O–H groups in total. The number of para-hydroxylation sites is 1. The van der Waals surface area contributed by atoms with E-state index in [2.05, 4.69) is 4.74 Å². The molecule has 0 saturated carbocycles. The molecule has 0 aliphatic carbocycles. The first-order valence-electron chi connectivity index (χ1n) is 9.10. The van der Waals surface area contributed by atoms with Crippen LogP contribution in [-0.2, 0) is 16.6 Å². The summed E-state index contributed by atoms with van der Waals surface area (Å²) in [6, 6.07) is 8.86. The van der Waals surface area contributed by atoms with Crippen LogP contribution in [0.15, 0.2) is 47.4 Å². The lowest BCUT2D eigenvalue weighted by Crippen LogP contribution is -2.33. The van der Waals surface area contributed by atoms with Crippen molar-refractivity contribution in [3.63, 3.8) is 0 Å². The number of halogens is 4. The molecule has 31 heavy (non-hydrogen) atoms. The van der Waals surface area contributed by atoms with Crippen LogP contribution in [0.25, 0.3) is 0 Å². The van der Waals surface area contributed by atoms with Crippen LogP contribution in [0.1, 0.15) is 29.8 Å². The summed E-state index contributed by atoms with van der Waals surface area (Å²) in [6.45, 7) is 3.19. The number of benzene rings is 2. The van der Waals surface area contributed by atoms with Crippen LogP contribution in [0.5, 0.6) is 5.75 Å². The smallest absolute Gasteiger partial charge is 0.405 e. The zero-order valence-electron chi connectivity index (χ0n) is 17.3. The molecular weight excluding hydrogens is 457 g/mol. The molecule has 0 fully saturated rings. The molecule has 6 nitrogen and oxygen atoms in total. The molecule has 0 aliphatic rings. The molecule has 11 heteroatoms. The van der Waals surface area contributed by atoms with Gasteiger partial charge >= 0.3 is 6.36 Å². The summed E-state index contributed by atoms with van der Waals surface area (Å²) < 4.78 is 68.5. The Balaban J connectivity index is 2.34. The van der Waals surface area contributed by atoms with Gasteiger partial charge in [0.25, 0.3) is 5.91 Å². The van der Waals surface area contributed by atoms with Crippen LogP contribution in [0.4, 0.5) is 13.2 Å². The average Bonchev–Trinajstić information content (AvgIpc) is 2.67. The first kappa shape index (κ1) is 25.0. The van der Waals surface area contributed by atoms with Gasteiger partial charge < -0.3 is 9.64 Å². The van der Waals surface area contributed by atoms with E-state index in [1.54, 1.807) is 13.8 Å². The Hall–Kier alpha value is -2.30. The van der Waals surface area contributed by atoms with Crippen molar-refractivity contribution in [2.24, 2.45) is 0 Å². The summed E-state index contributed by atoms with van der Waals surface area (Å²) in [7, 11) is -1.08. The maximum Gasteiger partial charge on any atom is 0.573 e. The normalized spacial score (nSPS) is 12.3. The fourth-order valence-electron chi connectivity index (χ4n) is 2.66. The summed E-state index contributed by atoms with van der Waals surface area (Å²) in [5.74, 6) is -1.09. The fraction of sp³-hybridized carbons (Fsp3) is 0.350. The van der Waals surface area contributed by atoms with Gasteiger partial charge in [0.15, 0.2) is 0 Å². The number of hydrogen-bond donors (Lipinski definition) is 0. The van der Waals surface area contributed by atoms with Gasteiger partial charge in [-0.05, 0) is 38.1 Å². The van der Waals surface area contributed by atoms with E-state index in [1.807, 2.05) is 0 Å². The van der Waals surface area contributed by atoms with Crippen LogP contribution in [0.2, 0.25) is 5.02 Å². The largest absolute Gasteiger partial charge is 0.573 e. The Morgan fingerprint density at radius 3 is 2.32 bits per heavy atom. The van der Waals surface area contributed by atoms with Crippen molar-refractivity contribution < 1.29 is 31.1 Å². The Kier molecular flexibility index (Phi) is 7.61. The molecular formula is C20H22ClF3N2O4S. The SMILES string of the molecule is CC(C)N(C)S(=O)(=O)c1ccc(Cl)c(C(=O)N(C)Cc2ccccc2OC(F)(F)F)c1. The summed E-state index contributed by atoms with van der Waals surface area (Å²) in [5.41, 5.74) is 0.0340. The highest BCUT2D eigenvalue weighted by atomic mass is 35.5. The highest BCUT2D eigenvalue weighted by molar-refractivity contribution is 7.89. The topological polar surface area (TPSA) is 66.9 Å². The number of carbonyl (C=O) groups excluding carboxylic acids is 1. The minimum atomic E-state index is -4.88. The molecule has 0 radical (unpaired) electrons. The number of sulfonamides is 1. The maximum absolute atomic E-state index is 12.9. The fourth-order valence-corrected chi connectivity index (χ4v) is 4.26. The average molecular weight is 479 g/mol. The number of alkyl halides is 3. The molecule has 1 amide bonds. The Morgan fingerprint density at radius 2 is 1.74 bits per heavy atom. The first-order chi connectivity index (χ1) is 14.2. The van der Waals surface area contributed by atoms with Gasteiger partial charge in [-0.15, -0.1) is 13.2 Å². The quantitative estimate of drug-likeness (QED) is 0.586. The van der Waals surface area contributed by atoms with Gasteiger partial charge in [-0.25, -0.2) is 8.42 Å². The molecule has 0 heterocycles. The lowest BCUT2D eigenvalue weighted by Gasteiger charge is -2.23. The highest BCUT2D eigenvalue weighted by Crippen LogP contribution is 2.28. The standard InChI is InChI=1S/C20H22ClF3N2O4S/c1-13(2)26(4)31(28,29)15-9-10-17(21)16(11-15)19(27)25(3)12-14-7-5-6-8-18(14)30-20(22,23)24/h5-11,13H,12H2,1-4H3. The number of rotatable bonds is 7. The third-order valence-corrected chi connectivity index (χ3v) is 6.88. The van der Waals surface area contributed by atoms with Gasteiger partial charge in [0.1, 0.15) is 5.75 Å². The Bertz CT molecular complexity index is 1060. The van der Waals surface area contributed by atoms with E-state index in [9.17, 15) is 26.4 Å². The Morgan fingerprint density at radius 1 is 1.13 bits per heavy atom. The molecule has 0 aromatic heterocycles. The molecule has 2 aromatic carbocycles. The second-order valence-corrected chi connectivity index (χ2v) is 9.48. The zero-order valence-corrected chi connectivity index (χ0v) is 18.8. The van der Waals surface area contributed by atoms with Gasteiger partial charge in [0.2, 0.25) is 10.0 Å². The van der Waals surface area contributed by atoms with Gasteiger partial charge in [-0.2, -0.15) is 4.31 Å². The molecule has 0 spiro atoms. The molecule has 2 aromatic rings. The number of carbonyl (C=O) groups is 1. The summed E-state index contributed by atoms with van der Waals surface area (Å²) >= 11 is 6.12. The summed E-state index contributed by atoms with van der Waals surface area (Å²) in [6.07, 6.45) is -4.88. The van der Waals surface area contributed by atoms with Gasteiger partial charge in [0.05, 0.1) is 15.5 Å². The maximum atomic E-state index is 12.9. The third kappa shape index (κ3) is 6.11. The second kappa shape index (κ2) is 9.46. The van der Waals surface area contributed by atoms with Crippen molar-refractivity contribution in [1.29, 1.82) is 0 Å². The number of nitrogens with zero attached hydrogens (tertiary/aromatic N) is 2. The molecule has 0 saturated heterocycles. The predicted molar refractivity (Wildman–Crippen MR) is 110 cm³/mol. The number of amides is 1. The van der Waals surface area contributed by atoms with E-state index < -0.39 is 28.0 Å². The van der Waals surface area contributed by atoms with Crippen molar-refractivity contribution in [2.75, 3.05) is 14.1 Å². The summed E-state index contributed by atoms with van der Waals surface area (Å²) in [4.78, 5) is 13.9. The van der Waals surface area contributed by atoms with Gasteiger partial charge in [-0.3, -0.25) is 4.79 Å². The van der Waals surface area contributed by atoms with Crippen LogP contribution >= 0.6 is 11.6 Å². The van der Waals surface area contributed by atoms with E-state index >= 15 is 0 Å². The number of hydrogen-bond acceptors (Lipinski definition) is 4. The van der Waals surface area contributed by atoms with Crippen molar-refractivity contribution in [1.82, 2.24) is 9.21 Å². The van der Waals surface area contributed by atoms with Crippen LogP contribution < -0.4 is 4.74 Å². The zero-order chi connectivity index (χ0) is 23.6. The summed E-state index contributed by atoms with van der Waals surface area (Å²) in [5, 5.41) is 0.0165. The lowest BCUT2D eigenvalue weighted by atomic mass is 10.1. The van der Waals surface area contributed by atoms with E-state index in [4.69, 9.17) is 11.6 Å². The third-order valence-electron chi connectivity index (χ3n) is 4.52. The van der Waals surface area contributed by atoms with Crippen molar-refractivity contribution in [2.45, 2.75) is 37.7 Å². The molecule has 0 bridgehead atoms. The van der Waals surface area contributed by atoms with Gasteiger partial charge in [-0.1, -0.05) is 29.8 Å². The van der Waals surface area contributed by atoms with Crippen LogP contribution in [0, 0.1) is 0 Å². The second-order valence-electron chi connectivity index (χ2n) is 7.07. The van der Waals surface area contributed by atoms with E-state index in [0.717, 1.165) is 21.3 Å². The van der Waals surface area contributed by atoms with Crippen molar-refractivity contribution in [3.8, 4) is 5.75 Å².